The molecule has 3 aromatic rings. The van der Waals surface area contributed by atoms with Crippen LogP contribution < -0.4 is 19.5 Å². The van der Waals surface area contributed by atoms with Crippen molar-refractivity contribution in [2.24, 2.45) is 0 Å². The highest BCUT2D eigenvalue weighted by atomic mass is 19.4. The van der Waals surface area contributed by atoms with E-state index >= 15 is 0 Å². The van der Waals surface area contributed by atoms with Gasteiger partial charge in [-0.1, -0.05) is 12.1 Å². The molecule has 1 N–H and O–H groups in total. The standard InChI is InChI=1S/C22H17F3N2O4/c23-22(24,25)31-16-8-5-14(6-9-16)18-10-7-15(11-26-18)21(28)27-12-17-13-29-19-3-1-2-4-20(19)30-17/h1-11,17H,12-13H2,(H,27,28). The van der Waals surface area contributed by atoms with Gasteiger partial charge in [-0.25, -0.2) is 0 Å². The molecule has 160 valence electrons. The summed E-state index contributed by atoms with van der Waals surface area (Å²) in [5.74, 6) is 0.660. The number of nitrogens with one attached hydrogen (secondary N) is 1. The summed E-state index contributed by atoms with van der Waals surface area (Å²) in [5.41, 5.74) is 1.45. The first-order valence-electron chi connectivity index (χ1n) is 9.36. The molecule has 0 fully saturated rings. The van der Waals surface area contributed by atoms with Gasteiger partial charge in [0, 0.05) is 11.8 Å². The molecule has 1 aromatic heterocycles. The summed E-state index contributed by atoms with van der Waals surface area (Å²) < 4.78 is 52.0. The van der Waals surface area contributed by atoms with Crippen molar-refractivity contribution in [1.82, 2.24) is 10.3 Å². The molecule has 1 atom stereocenters. The van der Waals surface area contributed by atoms with Crippen molar-refractivity contribution in [3.63, 3.8) is 0 Å². The van der Waals surface area contributed by atoms with E-state index in [0.717, 1.165) is 0 Å². The van der Waals surface area contributed by atoms with E-state index in [9.17, 15) is 18.0 Å². The van der Waals surface area contributed by atoms with Gasteiger partial charge < -0.3 is 19.5 Å². The number of ether oxygens (including phenoxy) is 3. The normalized spacial score (nSPS) is 15.3. The molecular formula is C22H17F3N2O4. The van der Waals surface area contributed by atoms with Crippen LogP contribution in [0, 0.1) is 0 Å². The number of fused-ring (bicyclic) bond motifs is 1. The van der Waals surface area contributed by atoms with E-state index in [2.05, 4.69) is 15.0 Å². The van der Waals surface area contributed by atoms with Crippen molar-refractivity contribution in [1.29, 1.82) is 0 Å². The lowest BCUT2D eigenvalue weighted by Crippen LogP contribution is -2.40. The summed E-state index contributed by atoms with van der Waals surface area (Å²) in [6.45, 7) is 0.581. The molecule has 0 spiro atoms. The summed E-state index contributed by atoms with van der Waals surface area (Å²) in [6, 6.07) is 15.8. The molecule has 1 aliphatic heterocycles. The smallest absolute Gasteiger partial charge is 0.486 e. The Bertz CT molecular complexity index is 1050. The molecule has 0 saturated carbocycles. The van der Waals surface area contributed by atoms with Crippen LogP contribution in [0.25, 0.3) is 11.3 Å². The Morgan fingerprint density at radius 2 is 1.81 bits per heavy atom. The summed E-state index contributed by atoms with van der Waals surface area (Å²) >= 11 is 0. The van der Waals surface area contributed by atoms with Crippen LogP contribution in [-0.4, -0.2) is 36.5 Å². The van der Waals surface area contributed by atoms with Crippen LogP contribution in [0.15, 0.2) is 66.9 Å². The highest BCUT2D eigenvalue weighted by molar-refractivity contribution is 5.94. The van der Waals surface area contributed by atoms with Gasteiger partial charge in [-0.3, -0.25) is 9.78 Å². The predicted octanol–water partition coefficient (Wildman–Crippen LogP) is 4.22. The first kappa shape index (κ1) is 20.5. The zero-order valence-electron chi connectivity index (χ0n) is 16.1. The van der Waals surface area contributed by atoms with Gasteiger partial charge in [-0.05, 0) is 48.5 Å². The maximum atomic E-state index is 12.4. The third kappa shape index (κ3) is 5.25. The van der Waals surface area contributed by atoms with Crippen LogP contribution in [0.2, 0.25) is 0 Å². The Labute approximate surface area is 175 Å². The van der Waals surface area contributed by atoms with E-state index in [1.807, 2.05) is 18.2 Å². The number of hydrogen-bond acceptors (Lipinski definition) is 5. The molecule has 0 radical (unpaired) electrons. The van der Waals surface area contributed by atoms with Gasteiger partial charge in [0.2, 0.25) is 0 Å². The van der Waals surface area contributed by atoms with E-state index < -0.39 is 6.36 Å². The van der Waals surface area contributed by atoms with Gasteiger partial charge in [0.15, 0.2) is 11.5 Å². The lowest BCUT2D eigenvalue weighted by atomic mass is 10.1. The van der Waals surface area contributed by atoms with Gasteiger partial charge in [-0.2, -0.15) is 0 Å². The van der Waals surface area contributed by atoms with E-state index in [1.165, 1.54) is 30.5 Å². The molecule has 1 aliphatic rings. The van der Waals surface area contributed by atoms with E-state index in [4.69, 9.17) is 9.47 Å². The summed E-state index contributed by atoms with van der Waals surface area (Å²) in [6.07, 6.45) is -3.66. The molecule has 9 heteroatoms. The summed E-state index contributed by atoms with van der Waals surface area (Å²) in [7, 11) is 0. The number of benzene rings is 2. The van der Waals surface area contributed by atoms with E-state index in [-0.39, 0.29) is 24.3 Å². The average molecular weight is 430 g/mol. The molecule has 1 amide bonds. The first-order valence-corrected chi connectivity index (χ1v) is 9.36. The Kier molecular flexibility index (Phi) is 5.66. The van der Waals surface area contributed by atoms with Crippen molar-refractivity contribution >= 4 is 5.91 Å². The second-order valence-electron chi connectivity index (χ2n) is 6.71. The lowest BCUT2D eigenvalue weighted by Gasteiger charge is -2.26. The predicted molar refractivity (Wildman–Crippen MR) is 105 cm³/mol. The number of nitrogens with zero attached hydrogens (tertiary/aromatic N) is 1. The Morgan fingerprint density at radius 3 is 2.48 bits per heavy atom. The minimum absolute atomic E-state index is 0.260. The van der Waals surface area contributed by atoms with Gasteiger partial charge in [0.1, 0.15) is 18.5 Å². The van der Waals surface area contributed by atoms with Gasteiger partial charge in [-0.15, -0.1) is 13.2 Å². The van der Waals surface area contributed by atoms with Crippen LogP contribution in [-0.2, 0) is 0 Å². The fourth-order valence-electron chi connectivity index (χ4n) is 3.00. The summed E-state index contributed by atoms with van der Waals surface area (Å²) in [4.78, 5) is 16.6. The molecule has 2 aromatic carbocycles. The van der Waals surface area contributed by atoms with Gasteiger partial charge in [0.25, 0.3) is 5.91 Å². The molecular weight excluding hydrogens is 413 g/mol. The SMILES string of the molecule is O=C(NCC1COc2ccccc2O1)c1ccc(-c2ccc(OC(F)(F)F)cc2)nc1. The number of hydrogen-bond donors (Lipinski definition) is 1. The fourth-order valence-corrected chi connectivity index (χ4v) is 3.00. The van der Waals surface area contributed by atoms with Crippen molar-refractivity contribution < 1.29 is 32.2 Å². The minimum Gasteiger partial charge on any atom is -0.486 e. The number of halogens is 3. The van der Waals surface area contributed by atoms with E-state index in [0.29, 0.717) is 34.9 Å². The van der Waals surface area contributed by atoms with Crippen molar-refractivity contribution in [2.75, 3.05) is 13.2 Å². The first-order chi connectivity index (χ1) is 14.9. The van der Waals surface area contributed by atoms with Crippen LogP contribution >= 0.6 is 0 Å². The Hall–Kier alpha value is -3.75. The maximum absolute atomic E-state index is 12.4. The van der Waals surface area contributed by atoms with Crippen LogP contribution in [0.5, 0.6) is 17.2 Å². The maximum Gasteiger partial charge on any atom is 0.573 e. The van der Waals surface area contributed by atoms with Crippen molar-refractivity contribution in [2.45, 2.75) is 12.5 Å². The number of carbonyl (C=O) groups excluding carboxylic acids is 1. The quantitative estimate of drug-likeness (QED) is 0.657. The zero-order chi connectivity index (χ0) is 21.8. The Balaban J connectivity index is 1.33. The summed E-state index contributed by atoms with van der Waals surface area (Å²) in [5, 5.41) is 2.78. The molecule has 31 heavy (non-hydrogen) atoms. The Morgan fingerprint density at radius 1 is 1.06 bits per heavy atom. The van der Waals surface area contributed by atoms with Crippen LogP contribution in [0.3, 0.4) is 0 Å². The number of carbonyl (C=O) groups is 1. The molecule has 1 unspecified atom stereocenters. The van der Waals surface area contributed by atoms with Gasteiger partial charge in [0.05, 0.1) is 17.8 Å². The number of para-hydroxylation sites is 2. The highest BCUT2D eigenvalue weighted by Crippen LogP contribution is 2.30. The number of aromatic nitrogens is 1. The molecule has 2 heterocycles. The lowest BCUT2D eigenvalue weighted by molar-refractivity contribution is -0.274. The van der Waals surface area contributed by atoms with Crippen molar-refractivity contribution in [3.8, 4) is 28.5 Å². The number of rotatable bonds is 5. The molecule has 0 saturated heterocycles. The van der Waals surface area contributed by atoms with Crippen molar-refractivity contribution in [3.05, 3.63) is 72.4 Å². The highest BCUT2D eigenvalue weighted by Gasteiger charge is 2.31. The van der Waals surface area contributed by atoms with Gasteiger partial charge >= 0.3 is 6.36 Å². The third-order valence-corrected chi connectivity index (χ3v) is 4.47. The van der Waals surface area contributed by atoms with Crippen LogP contribution in [0.4, 0.5) is 13.2 Å². The molecule has 0 bridgehead atoms. The third-order valence-electron chi connectivity index (χ3n) is 4.47. The number of pyridine rings is 1. The van der Waals surface area contributed by atoms with Crippen LogP contribution in [0.1, 0.15) is 10.4 Å². The molecule has 4 rings (SSSR count). The molecule has 0 aliphatic carbocycles. The largest absolute Gasteiger partial charge is 0.573 e. The topological polar surface area (TPSA) is 69.7 Å². The number of amides is 1. The zero-order valence-corrected chi connectivity index (χ0v) is 16.1. The second kappa shape index (κ2) is 8.55. The average Bonchev–Trinajstić information content (AvgIpc) is 2.77. The van der Waals surface area contributed by atoms with E-state index in [1.54, 1.807) is 18.2 Å². The fraction of sp³-hybridized carbons (Fsp3) is 0.182. The molecule has 6 nitrogen and oxygen atoms in total. The second-order valence-corrected chi connectivity index (χ2v) is 6.71. The minimum atomic E-state index is -4.74. The number of alkyl halides is 3. The monoisotopic (exact) mass is 430 g/mol.